The molecule has 4 heteroatoms. The van der Waals surface area contributed by atoms with Crippen LogP contribution in [0.25, 0.3) is 0 Å². The zero-order chi connectivity index (χ0) is 13.0. The number of thiocarbonyl (C=S) groups is 1. The van der Waals surface area contributed by atoms with Gasteiger partial charge in [0.2, 0.25) is 5.91 Å². The van der Waals surface area contributed by atoms with Crippen molar-refractivity contribution in [2.24, 2.45) is 0 Å². The molecule has 1 saturated heterocycles. The number of nitrogens with zero attached hydrogens (tertiary/aromatic N) is 1. The van der Waals surface area contributed by atoms with Crippen LogP contribution in [0.4, 0.5) is 5.69 Å². The van der Waals surface area contributed by atoms with Gasteiger partial charge in [0.05, 0.1) is 0 Å². The van der Waals surface area contributed by atoms with Gasteiger partial charge in [-0.25, -0.2) is 0 Å². The van der Waals surface area contributed by atoms with Crippen LogP contribution in [0.1, 0.15) is 31.2 Å². The van der Waals surface area contributed by atoms with Crippen LogP contribution in [0, 0.1) is 6.92 Å². The number of rotatable bonds is 1. The molecule has 0 saturated carbocycles. The molecule has 2 rings (SSSR count). The van der Waals surface area contributed by atoms with Crippen molar-refractivity contribution in [3.63, 3.8) is 0 Å². The van der Waals surface area contributed by atoms with Gasteiger partial charge in [0.1, 0.15) is 0 Å². The van der Waals surface area contributed by atoms with E-state index in [-0.39, 0.29) is 5.91 Å². The Hall–Kier alpha value is -1.42. The Balaban J connectivity index is 2.04. The molecule has 96 valence electrons. The highest BCUT2D eigenvalue weighted by Gasteiger charge is 2.20. The van der Waals surface area contributed by atoms with E-state index in [1.165, 1.54) is 5.56 Å². The molecular weight excluding hydrogens is 244 g/mol. The molecule has 1 aliphatic rings. The lowest BCUT2D eigenvalue weighted by molar-refractivity contribution is -0.126. The summed E-state index contributed by atoms with van der Waals surface area (Å²) in [5, 5.41) is 3.67. The fourth-order valence-electron chi connectivity index (χ4n) is 2.11. The van der Waals surface area contributed by atoms with Gasteiger partial charge in [-0.05, 0) is 49.7 Å². The van der Waals surface area contributed by atoms with Gasteiger partial charge in [0.25, 0.3) is 0 Å². The molecule has 1 amide bonds. The van der Waals surface area contributed by atoms with Crippen molar-refractivity contribution in [3.8, 4) is 0 Å². The minimum absolute atomic E-state index is 0.137. The fraction of sp³-hybridized carbons (Fsp3) is 0.429. The summed E-state index contributed by atoms with van der Waals surface area (Å²) in [6.07, 6.45) is 3.72. The Labute approximate surface area is 113 Å². The van der Waals surface area contributed by atoms with Gasteiger partial charge in [0.15, 0.2) is 5.11 Å². The number of anilines is 1. The second kappa shape index (κ2) is 5.96. The average molecular weight is 262 g/mol. The number of aryl methyl sites for hydroxylation is 1. The summed E-state index contributed by atoms with van der Waals surface area (Å²) in [6, 6.07) is 7.99. The van der Waals surface area contributed by atoms with Gasteiger partial charge in [-0.15, -0.1) is 0 Å². The highest BCUT2D eigenvalue weighted by molar-refractivity contribution is 7.80. The zero-order valence-corrected chi connectivity index (χ0v) is 11.4. The summed E-state index contributed by atoms with van der Waals surface area (Å²) >= 11 is 5.33. The lowest BCUT2D eigenvalue weighted by Crippen LogP contribution is -2.39. The molecule has 0 aromatic heterocycles. The second-order valence-corrected chi connectivity index (χ2v) is 5.04. The first-order chi connectivity index (χ1) is 8.66. The molecular formula is C14H18N2OS. The van der Waals surface area contributed by atoms with Crippen molar-refractivity contribution in [1.82, 2.24) is 4.90 Å². The topological polar surface area (TPSA) is 32.3 Å². The number of hydrogen-bond donors (Lipinski definition) is 1. The predicted octanol–water partition coefficient (Wildman–Crippen LogP) is 3.09. The van der Waals surface area contributed by atoms with Crippen LogP contribution in [0.2, 0.25) is 0 Å². The second-order valence-electron chi connectivity index (χ2n) is 4.66. The maximum absolute atomic E-state index is 11.9. The third-order valence-corrected chi connectivity index (χ3v) is 3.41. The maximum Gasteiger partial charge on any atom is 0.228 e. The van der Waals surface area contributed by atoms with Crippen molar-refractivity contribution in [1.29, 1.82) is 0 Å². The van der Waals surface area contributed by atoms with Crippen LogP contribution in [0.15, 0.2) is 24.3 Å². The van der Waals surface area contributed by atoms with Gasteiger partial charge in [0, 0.05) is 18.7 Å². The van der Waals surface area contributed by atoms with Gasteiger partial charge < -0.3 is 5.32 Å². The first-order valence-electron chi connectivity index (χ1n) is 6.35. The largest absolute Gasteiger partial charge is 0.332 e. The molecule has 1 fully saturated rings. The standard InChI is InChI=1S/C14H18N2OS/c1-11-6-5-7-12(10-11)15-14(18)16-9-4-2-3-8-13(16)17/h5-7,10H,2-4,8-9H2,1H3,(H,15,18). The number of carbonyl (C=O) groups is 1. The summed E-state index contributed by atoms with van der Waals surface area (Å²) in [6.45, 7) is 2.77. The van der Waals surface area contributed by atoms with Crippen molar-refractivity contribution < 1.29 is 4.79 Å². The summed E-state index contributed by atoms with van der Waals surface area (Å²) in [4.78, 5) is 13.6. The molecule has 0 unspecified atom stereocenters. The minimum Gasteiger partial charge on any atom is -0.332 e. The average Bonchev–Trinajstić information content (AvgIpc) is 2.54. The Morgan fingerprint density at radius 1 is 1.33 bits per heavy atom. The SMILES string of the molecule is Cc1cccc(NC(=S)N2CCCCCC2=O)c1. The molecule has 1 N–H and O–H groups in total. The number of carbonyl (C=O) groups excluding carboxylic acids is 1. The summed E-state index contributed by atoms with van der Waals surface area (Å²) in [5.74, 6) is 0.137. The van der Waals surface area contributed by atoms with Crippen molar-refractivity contribution in [3.05, 3.63) is 29.8 Å². The molecule has 0 aliphatic carbocycles. The molecule has 0 radical (unpaired) electrons. The van der Waals surface area contributed by atoms with Crippen molar-refractivity contribution >= 4 is 28.9 Å². The Bertz CT molecular complexity index is 459. The number of amides is 1. The van der Waals surface area contributed by atoms with Crippen LogP contribution in [-0.4, -0.2) is 22.5 Å². The van der Waals surface area contributed by atoms with E-state index in [2.05, 4.69) is 5.32 Å². The van der Waals surface area contributed by atoms with E-state index in [1.807, 2.05) is 31.2 Å². The lowest BCUT2D eigenvalue weighted by Gasteiger charge is -2.22. The van der Waals surface area contributed by atoms with E-state index in [0.29, 0.717) is 11.5 Å². The zero-order valence-electron chi connectivity index (χ0n) is 10.6. The Morgan fingerprint density at radius 2 is 2.17 bits per heavy atom. The Kier molecular flexibility index (Phi) is 4.31. The highest BCUT2D eigenvalue weighted by atomic mass is 32.1. The molecule has 0 spiro atoms. The number of nitrogens with one attached hydrogen (secondary N) is 1. The number of likely N-dealkylation sites (tertiary alicyclic amines) is 1. The molecule has 18 heavy (non-hydrogen) atoms. The van der Waals surface area contributed by atoms with Crippen LogP contribution >= 0.6 is 12.2 Å². The van der Waals surface area contributed by atoms with E-state index in [9.17, 15) is 4.79 Å². The van der Waals surface area contributed by atoms with E-state index >= 15 is 0 Å². The molecule has 3 nitrogen and oxygen atoms in total. The third kappa shape index (κ3) is 3.29. The molecule has 1 heterocycles. The molecule has 0 atom stereocenters. The van der Waals surface area contributed by atoms with E-state index < -0.39 is 0 Å². The smallest absolute Gasteiger partial charge is 0.228 e. The summed E-state index contributed by atoms with van der Waals surface area (Å²) in [5.41, 5.74) is 2.11. The predicted molar refractivity (Wildman–Crippen MR) is 77.6 cm³/mol. The monoisotopic (exact) mass is 262 g/mol. The highest BCUT2D eigenvalue weighted by Crippen LogP contribution is 2.15. The van der Waals surface area contributed by atoms with Gasteiger partial charge in [-0.1, -0.05) is 18.6 Å². The normalized spacial score (nSPS) is 16.3. The summed E-state index contributed by atoms with van der Waals surface area (Å²) < 4.78 is 0. The van der Waals surface area contributed by atoms with Crippen LogP contribution in [-0.2, 0) is 4.79 Å². The number of hydrogen-bond acceptors (Lipinski definition) is 2. The molecule has 1 aromatic rings. The van der Waals surface area contributed by atoms with E-state index in [4.69, 9.17) is 12.2 Å². The quantitative estimate of drug-likeness (QED) is 0.789. The molecule has 1 aliphatic heterocycles. The molecule has 1 aromatic carbocycles. The first-order valence-corrected chi connectivity index (χ1v) is 6.75. The van der Waals surface area contributed by atoms with Crippen molar-refractivity contribution in [2.75, 3.05) is 11.9 Å². The fourth-order valence-corrected chi connectivity index (χ4v) is 2.42. The number of benzene rings is 1. The third-order valence-electron chi connectivity index (χ3n) is 3.09. The van der Waals surface area contributed by atoms with Crippen LogP contribution in [0.5, 0.6) is 0 Å². The summed E-state index contributed by atoms with van der Waals surface area (Å²) in [7, 11) is 0. The van der Waals surface area contributed by atoms with E-state index in [1.54, 1.807) is 4.90 Å². The maximum atomic E-state index is 11.9. The van der Waals surface area contributed by atoms with Crippen LogP contribution < -0.4 is 5.32 Å². The van der Waals surface area contributed by atoms with E-state index in [0.717, 1.165) is 31.5 Å². The van der Waals surface area contributed by atoms with Gasteiger partial charge in [-0.2, -0.15) is 0 Å². The van der Waals surface area contributed by atoms with Crippen molar-refractivity contribution in [2.45, 2.75) is 32.6 Å². The molecule has 0 bridgehead atoms. The van der Waals surface area contributed by atoms with Crippen LogP contribution in [0.3, 0.4) is 0 Å². The minimum atomic E-state index is 0.137. The Morgan fingerprint density at radius 3 is 2.94 bits per heavy atom. The van der Waals surface area contributed by atoms with Gasteiger partial charge in [-0.3, -0.25) is 9.69 Å². The van der Waals surface area contributed by atoms with Gasteiger partial charge >= 0.3 is 0 Å². The first kappa shape index (κ1) is 13.0. The lowest BCUT2D eigenvalue weighted by atomic mass is 10.2.